The molecule has 1 aliphatic carbocycles. The minimum absolute atomic E-state index is 0.177. The zero-order valence-corrected chi connectivity index (χ0v) is 13.2. The van der Waals surface area contributed by atoms with E-state index in [1.807, 2.05) is 31.2 Å². The van der Waals surface area contributed by atoms with Crippen molar-refractivity contribution in [2.75, 3.05) is 5.32 Å². The number of aromatic nitrogens is 5. The molecule has 0 bridgehead atoms. The molecule has 120 valence electrons. The quantitative estimate of drug-likeness (QED) is 0.770. The van der Waals surface area contributed by atoms with Crippen molar-refractivity contribution in [3.63, 3.8) is 0 Å². The minimum atomic E-state index is -0.177. The van der Waals surface area contributed by atoms with Gasteiger partial charge in [0.05, 0.1) is 11.3 Å². The Hall–Kier alpha value is -3.09. The van der Waals surface area contributed by atoms with Crippen molar-refractivity contribution in [1.29, 1.82) is 0 Å². The largest absolute Gasteiger partial charge is 0.322 e. The zero-order valence-electron chi connectivity index (χ0n) is 13.2. The Morgan fingerprint density at radius 1 is 1.21 bits per heavy atom. The number of aromatic amines is 1. The van der Waals surface area contributed by atoms with Crippen molar-refractivity contribution in [2.45, 2.75) is 25.7 Å². The summed E-state index contributed by atoms with van der Waals surface area (Å²) in [5.74, 6) is 1.60. The lowest BCUT2D eigenvalue weighted by Gasteiger charge is -2.09. The highest BCUT2D eigenvalue weighted by Crippen LogP contribution is 2.40. The van der Waals surface area contributed by atoms with Gasteiger partial charge in [-0.2, -0.15) is 5.10 Å². The SMILES string of the molecule is Cc1ncc(C(=O)Nc2ccc(-c3ncn[nH]3)cc2)c(C2CC2)n1. The van der Waals surface area contributed by atoms with Crippen LogP contribution in [-0.2, 0) is 0 Å². The van der Waals surface area contributed by atoms with E-state index in [2.05, 4.69) is 30.5 Å². The van der Waals surface area contributed by atoms with Gasteiger partial charge in [-0.25, -0.2) is 15.0 Å². The van der Waals surface area contributed by atoms with Gasteiger partial charge in [-0.3, -0.25) is 9.89 Å². The van der Waals surface area contributed by atoms with Gasteiger partial charge in [0.25, 0.3) is 5.91 Å². The molecule has 1 saturated carbocycles. The van der Waals surface area contributed by atoms with E-state index in [-0.39, 0.29) is 5.91 Å². The number of benzene rings is 1. The van der Waals surface area contributed by atoms with Crippen LogP contribution in [0.25, 0.3) is 11.4 Å². The molecule has 1 fully saturated rings. The van der Waals surface area contributed by atoms with Gasteiger partial charge < -0.3 is 5.32 Å². The highest BCUT2D eigenvalue weighted by molar-refractivity contribution is 6.05. The number of anilines is 1. The van der Waals surface area contributed by atoms with Crippen molar-refractivity contribution in [1.82, 2.24) is 25.1 Å². The van der Waals surface area contributed by atoms with Gasteiger partial charge in [0, 0.05) is 23.4 Å². The second-order valence-corrected chi connectivity index (χ2v) is 5.86. The first kappa shape index (κ1) is 14.5. The summed E-state index contributed by atoms with van der Waals surface area (Å²) >= 11 is 0. The lowest BCUT2D eigenvalue weighted by molar-refractivity contribution is 0.102. The van der Waals surface area contributed by atoms with E-state index in [1.54, 1.807) is 6.20 Å². The molecule has 0 spiro atoms. The first-order valence-electron chi connectivity index (χ1n) is 7.81. The van der Waals surface area contributed by atoms with Crippen molar-refractivity contribution in [2.24, 2.45) is 0 Å². The van der Waals surface area contributed by atoms with Gasteiger partial charge in [0.15, 0.2) is 5.82 Å². The van der Waals surface area contributed by atoms with Crippen LogP contribution in [0.15, 0.2) is 36.8 Å². The lowest BCUT2D eigenvalue weighted by Crippen LogP contribution is -2.16. The van der Waals surface area contributed by atoms with E-state index in [0.29, 0.717) is 28.8 Å². The van der Waals surface area contributed by atoms with E-state index >= 15 is 0 Å². The Morgan fingerprint density at radius 3 is 2.67 bits per heavy atom. The van der Waals surface area contributed by atoms with Crippen LogP contribution in [0, 0.1) is 6.92 Å². The maximum Gasteiger partial charge on any atom is 0.259 e. The van der Waals surface area contributed by atoms with Gasteiger partial charge >= 0.3 is 0 Å². The van der Waals surface area contributed by atoms with Crippen LogP contribution in [0.4, 0.5) is 5.69 Å². The fourth-order valence-electron chi connectivity index (χ4n) is 2.58. The maximum absolute atomic E-state index is 12.6. The standard InChI is InChI=1S/C17H16N6O/c1-10-18-8-14(15(21-10)11-2-3-11)17(24)22-13-6-4-12(5-7-13)16-19-9-20-23-16/h4-9,11H,2-3H2,1H3,(H,22,24)(H,19,20,23). The Kier molecular flexibility index (Phi) is 3.53. The summed E-state index contributed by atoms with van der Waals surface area (Å²) in [6.07, 6.45) is 5.25. The van der Waals surface area contributed by atoms with Crippen LogP contribution >= 0.6 is 0 Å². The fraction of sp³-hybridized carbons (Fsp3) is 0.235. The predicted octanol–water partition coefficient (Wildman–Crippen LogP) is 2.70. The topological polar surface area (TPSA) is 96.5 Å². The summed E-state index contributed by atoms with van der Waals surface area (Å²) in [6.45, 7) is 1.84. The van der Waals surface area contributed by atoms with Gasteiger partial charge in [-0.15, -0.1) is 0 Å². The molecule has 2 heterocycles. The smallest absolute Gasteiger partial charge is 0.259 e. The number of hydrogen-bond acceptors (Lipinski definition) is 5. The third kappa shape index (κ3) is 2.88. The predicted molar refractivity (Wildman–Crippen MR) is 88.5 cm³/mol. The van der Waals surface area contributed by atoms with Gasteiger partial charge in [-0.1, -0.05) is 0 Å². The summed E-state index contributed by atoms with van der Waals surface area (Å²) in [4.78, 5) is 25.3. The first-order chi connectivity index (χ1) is 11.7. The van der Waals surface area contributed by atoms with Crippen molar-refractivity contribution in [3.05, 3.63) is 53.9 Å². The van der Waals surface area contributed by atoms with Crippen molar-refractivity contribution in [3.8, 4) is 11.4 Å². The summed E-state index contributed by atoms with van der Waals surface area (Å²) < 4.78 is 0. The normalized spacial score (nSPS) is 13.7. The van der Waals surface area contributed by atoms with Gasteiger partial charge in [-0.05, 0) is 44.0 Å². The molecule has 2 N–H and O–H groups in total. The highest BCUT2D eigenvalue weighted by atomic mass is 16.1. The lowest BCUT2D eigenvalue weighted by atomic mass is 10.1. The number of carbonyl (C=O) groups is 1. The molecule has 7 nitrogen and oxygen atoms in total. The number of H-pyrrole nitrogens is 1. The molecule has 7 heteroatoms. The number of nitrogens with zero attached hydrogens (tertiary/aromatic N) is 4. The summed E-state index contributed by atoms with van der Waals surface area (Å²) in [6, 6.07) is 7.43. The Labute approximate surface area is 138 Å². The van der Waals surface area contributed by atoms with E-state index in [9.17, 15) is 4.79 Å². The molecule has 0 saturated heterocycles. The second kappa shape index (κ2) is 5.84. The number of nitrogens with one attached hydrogen (secondary N) is 2. The minimum Gasteiger partial charge on any atom is -0.322 e. The van der Waals surface area contributed by atoms with Crippen LogP contribution in [0.5, 0.6) is 0 Å². The molecule has 1 aliphatic rings. The molecule has 1 amide bonds. The molecule has 0 aliphatic heterocycles. The second-order valence-electron chi connectivity index (χ2n) is 5.86. The average Bonchev–Trinajstić information content (AvgIpc) is 3.30. The average molecular weight is 320 g/mol. The van der Waals surface area contributed by atoms with Gasteiger partial charge in [0.2, 0.25) is 0 Å². The number of aryl methyl sites for hydroxylation is 1. The summed E-state index contributed by atoms with van der Waals surface area (Å²) in [5, 5.41) is 9.54. The van der Waals surface area contributed by atoms with Crippen LogP contribution in [-0.4, -0.2) is 31.1 Å². The van der Waals surface area contributed by atoms with E-state index in [0.717, 1.165) is 24.1 Å². The molecule has 1 aromatic carbocycles. The Bertz CT molecular complexity index is 869. The zero-order chi connectivity index (χ0) is 16.5. The number of rotatable bonds is 4. The molecule has 4 rings (SSSR count). The summed E-state index contributed by atoms with van der Waals surface area (Å²) in [7, 11) is 0. The molecule has 3 aromatic rings. The summed E-state index contributed by atoms with van der Waals surface area (Å²) in [5.41, 5.74) is 3.04. The molecule has 24 heavy (non-hydrogen) atoms. The Balaban J connectivity index is 1.54. The monoisotopic (exact) mass is 320 g/mol. The first-order valence-corrected chi connectivity index (χ1v) is 7.81. The molecule has 0 unspecified atom stereocenters. The number of carbonyl (C=O) groups excluding carboxylic acids is 1. The number of hydrogen-bond donors (Lipinski definition) is 2. The number of amides is 1. The fourth-order valence-corrected chi connectivity index (χ4v) is 2.58. The molecule has 0 radical (unpaired) electrons. The van der Waals surface area contributed by atoms with E-state index in [1.165, 1.54) is 6.33 Å². The van der Waals surface area contributed by atoms with E-state index < -0.39 is 0 Å². The van der Waals surface area contributed by atoms with Crippen LogP contribution in [0.2, 0.25) is 0 Å². The third-order valence-electron chi connectivity index (χ3n) is 3.98. The molecule has 2 aromatic heterocycles. The molecular weight excluding hydrogens is 304 g/mol. The molecule has 0 atom stereocenters. The van der Waals surface area contributed by atoms with Gasteiger partial charge in [0.1, 0.15) is 12.2 Å². The highest BCUT2D eigenvalue weighted by Gasteiger charge is 2.30. The van der Waals surface area contributed by atoms with Crippen molar-refractivity contribution >= 4 is 11.6 Å². The maximum atomic E-state index is 12.6. The van der Waals surface area contributed by atoms with Crippen LogP contribution in [0.1, 0.15) is 40.6 Å². The van der Waals surface area contributed by atoms with E-state index in [4.69, 9.17) is 0 Å². The Morgan fingerprint density at radius 2 is 2.00 bits per heavy atom. The molecular formula is C17H16N6O. The van der Waals surface area contributed by atoms with Crippen LogP contribution in [0.3, 0.4) is 0 Å². The third-order valence-corrected chi connectivity index (χ3v) is 3.98. The van der Waals surface area contributed by atoms with Crippen molar-refractivity contribution < 1.29 is 4.79 Å². The van der Waals surface area contributed by atoms with Crippen LogP contribution < -0.4 is 5.32 Å².